The van der Waals surface area contributed by atoms with Gasteiger partial charge in [0.1, 0.15) is 0 Å². The lowest BCUT2D eigenvalue weighted by Crippen LogP contribution is -2.38. The van der Waals surface area contributed by atoms with E-state index in [1.165, 1.54) is 18.2 Å². The highest BCUT2D eigenvalue weighted by Crippen LogP contribution is 2.30. The molecular weight excluding hydrogens is 375 g/mol. The third-order valence-electron chi connectivity index (χ3n) is 4.81. The van der Waals surface area contributed by atoms with Gasteiger partial charge >= 0.3 is 0 Å². The van der Waals surface area contributed by atoms with Crippen molar-refractivity contribution in [2.24, 2.45) is 10.9 Å². The molecule has 154 valence electrons. The molecular formula is C21H25FN4O3. The Morgan fingerprint density at radius 2 is 2.03 bits per heavy atom. The van der Waals surface area contributed by atoms with Gasteiger partial charge in [-0.15, -0.1) is 0 Å². The van der Waals surface area contributed by atoms with Crippen LogP contribution < -0.4 is 15.4 Å². The van der Waals surface area contributed by atoms with Gasteiger partial charge in [-0.2, -0.15) is 0 Å². The highest BCUT2D eigenvalue weighted by Gasteiger charge is 2.22. The molecule has 0 aliphatic heterocycles. The summed E-state index contributed by atoms with van der Waals surface area (Å²) >= 11 is 0. The Bertz CT molecular complexity index is 882. The lowest BCUT2D eigenvalue weighted by atomic mass is 10.1. The maximum Gasteiger partial charge on any atom is 0.269 e. The predicted octanol–water partition coefficient (Wildman–Crippen LogP) is 3.95. The van der Waals surface area contributed by atoms with Crippen LogP contribution in [0.15, 0.2) is 47.5 Å². The second kappa shape index (κ2) is 9.36. The second-order valence-electron chi connectivity index (χ2n) is 7.16. The molecule has 0 amide bonds. The number of hydrogen-bond acceptors (Lipinski definition) is 4. The van der Waals surface area contributed by atoms with E-state index in [-0.39, 0.29) is 23.3 Å². The van der Waals surface area contributed by atoms with E-state index >= 15 is 0 Å². The molecule has 0 spiro atoms. The van der Waals surface area contributed by atoms with Gasteiger partial charge in [-0.1, -0.05) is 18.2 Å². The summed E-state index contributed by atoms with van der Waals surface area (Å²) in [4.78, 5) is 14.5. The molecule has 2 aromatic carbocycles. The molecule has 2 N–H and O–H groups in total. The molecule has 0 radical (unpaired) electrons. The number of non-ortho nitro benzene ring substituents is 1. The van der Waals surface area contributed by atoms with Crippen molar-refractivity contribution in [3.05, 3.63) is 69.5 Å². The fourth-order valence-electron chi connectivity index (χ4n) is 2.80. The fourth-order valence-corrected chi connectivity index (χ4v) is 2.80. The maximum atomic E-state index is 14.3. The van der Waals surface area contributed by atoms with Gasteiger partial charge in [-0.3, -0.25) is 15.1 Å². The highest BCUT2D eigenvalue weighted by atomic mass is 19.1. The molecule has 1 atom stereocenters. The number of ether oxygens (including phenoxy) is 1. The summed E-state index contributed by atoms with van der Waals surface area (Å²) in [6.45, 7) is 2.94. The third-order valence-corrected chi connectivity index (χ3v) is 4.81. The average molecular weight is 400 g/mol. The topological polar surface area (TPSA) is 88.8 Å². The SMILES string of the molecule is CN=C(NCc1ccc([N+](=O)[O-])cc1)NC(C)c1ccc(OCC2CC2)c(F)c1. The van der Waals surface area contributed by atoms with Gasteiger partial charge in [-0.25, -0.2) is 4.39 Å². The van der Waals surface area contributed by atoms with Crippen molar-refractivity contribution >= 4 is 11.6 Å². The smallest absolute Gasteiger partial charge is 0.269 e. The van der Waals surface area contributed by atoms with E-state index in [1.54, 1.807) is 25.2 Å². The first kappa shape index (κ1) is 20.6. The van der Waals surface area contributed by atoms with Gasteiger partial charge in [-0.05, 0) is 48.9 Å². The molecule has 8 heteroatoms. The molecule has 1 aliphatic rings. The van der Waals surface area contributed by atoms with Crippen molar-refractivity contribution in [1.29, 1.82) is 0 Å². The second-order valence-corrected chi connectivity index (χ2v) is 7.16. The molecule has 1 fully saturated rings. The number of guanidine groups is 1. The average Bonchev–Trinajstić information content (AvgIpc) is 3.54. The van der Waals surface area contributed by atoms with Gasteiger partial charge in [0.25, 0.3) is 5.69 Å². The van der Waals surface area contributed by atoms with Crippen LogP contribution in [-0.2, 0) is 6.54 Å². The number of rotatable bonds is 8. The molecule has 2 aromatic rings. The maximum absolute atomic E-state index is 14.3. The van der Waals surface area contributed by atoms with E-state index in [2.05, 4.69) is 15.6 Å². The van der Waals surface area contributed by atoms with Crippen LogP contribution >= 0.6 is 0 Å². The van der Waals surface area contributed by atoms with E-state index in [0.29, 0.717) is 25.0 Å². The Labute approximate surface area is 169 Å². The number of nitrogens with one attached hydrogen (secondary N) is 2. The fraction of sp³-hybridized carbons (Fsp3) is 0.381. The number of nitro groups is 1. The molecule has 3 rings (SSSR count). The quantitative estimate of drug-likeness (QED) is 0.303. The summed E-state index contributed by atoms with van der Waals surface area (Å²) in [5.41, 5.74) is 1.71. The van der Waals surface area contributed by atoms with Crippen molar-refractivity contribution in [3.8, 4) is 5.75 Å². The molecule has 0 aromatic heterocycles. The Hall–Kier alpha value is -3.16. The number of aliphatic imine (C=N–C) groups is 1. The minimum Gasteiger partial charge on any atom is -0.490 e. The summed E-state index contributed by atoms with van der Waals surface area (Å²) < 4.78 is 19.8. The lowest BCUT2D eigenvalue weighted by Gasteiger charge is -2.19. The van der Waals surface area contributed by atoms with Crippen molar-refractivity contribution < 1.29 is 14.1 Å². The summed E-state index contributed by atoms with van der Waals surface area (Å²) in [5.74, 6) is 1.03. The van der Waals surface area contributed by atoms with E-state index in [1.807, 2.05) is 13.0 Å². The van der Waals surface area contributed by atoms with Crippen LogP contribution in [-0.4, -0.2) is 24.5 Å². The molecule has 1 saturated carbocycles. The zero-order valence-corrected chi connectivity index (χ0v) is 16.5. The molecule has 1 unspecified atom stereocenters. The van der Waals surface area contributed by atoms with Gasteiger partial charge in [0, 0.05) is 25.7 Å². The Morgan fingerprint density at radius 3 is 2.62 bits per heavy atom. The van der Waals surface area contributed by atoms with E-state index in [9.17, 15) is 14.5 Å². The van der Waals surface area contributed by atoms with Crippen LogP contribution in [0.5, 0.6) is 5.75 Å². The number of hydrogen-bond donors (Lipinski definition) is 2. The third kappa shape index (κ3) is 5.91. The number of benzene rings is 2. The minimum absolute atomic E-state index is 0.0523. The van der Waals surface area contributed by atoms with Crippen LogP contribution in [0, 0.1) is 21.8 Å². The summed E-state index contributed by atoms with van der Waals surface area (Å²) in [5, 5.41) is 17.1. The molecule has 29 heavy (non-hydrogen) atoms. The predicted molar refractivity (Wildman–Crippen MR) is 109 cm³/mol. The zero-order valence-electron chi connectivity index (χ0n) is 16.5. The van der Waals surface area contributed by atoms with E-state index in [0.717, 1.165) is 24.0 Å². The van der Waals surface area contributed by atoms with Crippen molar-refractivity contribution in [2.75, 3.05) is 13.7 Å². The molecule has 0 bridgehead atoms. The van der Waals surface area contributed by atoms with Crippen molar-refractivity contribution in [2.45, 2.75) is 32.4 Å². The molecule has 0 heterocycles. The number of nitrogens with zero attached hydrogens (tertiary/aromatic N) is 2. The summed E-state index contributed by atoms with van der Waals surface area (Å²) in [7, 11) is 1.65. The number of halogens is 1. The first-order valence-electron chi connectivity index (χ1n) is 9.59. The standard InChI is InChI=1S/C21H25FN4O3/c1-14(17-7-10-20(19(22)11-17)29-13-16-3-4-16)25-21(23-2)24-12-15-5-8-18(9-6-15)26(27)28/h5-11,14,16H,3-4,12-13H2,1-2H3,(H2,23,24,25). The molecule has 0 saturated heterocycles. The number of nitro benzene ring substituents is 1. The van der Waals surface area contributed by atoms with Crippen molar-refractivity contribution in [1.82, 2.24) is 10.6 Å². The molecule has 1 aliphatic carbocycles. The van der Waals surface area contributed by atoms with Crippen molar-refractivity contribution in [3.63, 3.8) is 0 Å². The summed E-state index contributed by atoms with van der Waals surface area (Å²) in [6, 6.07) is 11.1. The van der Waals surface area contributed by atoms with Crippen LogP contribution in [0.2, 0.25) is 0 Å². The van der Waals surface area contributed by atoms with Crippen LogP contribution in [0.4, 0.5) is 10.1 Å². The van der Waals surface area contributed by atoms with Gasteiger partial charge in [0.2, 0.25) is 0 Å². The largest absolute Gasteiger partial charge is 0.490 e. The first-order valence-corrected chi connectivity index (χ1v) is 9.59. The lowest BCUT2D eigenvalue weighted by molar-refractivity contribution is -0.384. The Balaban J connectivity index is 1.54. The van der Waals surface area contributed by atoms with Gasteiger partial charge < -0.3 is 15.4 Å². The van der Waals surface area contributed by atoms with Crippen LogP contribution in [0.3, 0.4) is 0 Å². The Morgan fingerprint density at radius 1 is 1.31 bits per heavy atom. The zero-order chi connectivity index (χ0) is 20.8. The highest BCUT2D eigenvalue weighted by molar-refractivity contribution is 5.80. The van der Waals surface area contributed by atoms with E-state index in [4.69, 9.17) is 4.74 Å². The van der Waals surface area contributed by atoms with Gasteiger partial charge in [0.05, 0.1) is 17.6 Å². The molecule has 7 nitrogen and oxygen atoms in total. The normalized spacial score (nSPS) is 14.9. The Kier molecular flexibility index (Phi) is 6.64. The van der Waals surface area contributed by atoms with Gasteiger partial charge in [0.15, 0.2) is 17.5 Å². The van der Waals surface area contributed by atoms with E-state index < -0.39 is 4.92 Å². The van der Waals surface area contributed by atoms with Crippen LogP contribution in [0.1, 0.15) is 36.9 Å². The summed E-state index contributed by atoms with van der Waals surface area (Å²) in [6.07, 6.45) is 2.32. The van der Waals surface area contributed by atoms with Crippen LogP contribution in [0.25, 0.3) is 0 Å². The first-order chi connectivity index (χ1) is 14.0. The minimum atomic E-state index is -0.430. The monoisotopic (exact) mass is 400 g/mol.